The first-order valence-electron chi connectivity index (χ1n) is 6.67. The maximum Gasteiger partial charge on any atom is 0.353 e. The molecule has 0 amide bonds. The van der Waals surface area contributed by atoms with Crippen LogP contribution < -0.4 is 5.73 Å². The lowest BCUT2D eigenvalue weighted by Crippen LogP contribution is -2.13. The van der Waals surface area contributed by atoms with E-state index in [1.54, 1.807) is 0 Å². The topological polar surface area (TPSA) is 52.3 Å². The molecule has 0 radical (unpaired) electrons. The first-order chi connectivity index (χ1) is 10.2. The molecule has 0 saturated heterocycles. The molecule has 3 heteroatoms. The third-order valence-corrected chi connectivity index (χ3v) is 3.49. The highest BCUT2D eigenvalue weighted by atomic mass is 16.5. The van der Waals surface area contributed by atoms with E-state index in [0.717, 1.165) is 27.1 Å². The lowest BCUT2D eigenvalue weighted by molar-refractivity contribution is -0.140. The molecule has 21 heavy (non-hydrogen) atoms. The summed E-state index contributed by atoms with van der Waals surface area (Å²) in [5, 5.41) is 4.39. The summed E-state index contributed by atoms with van der Waals surface area (Å²) in [5.74, 6) is -0.577. The second-order valence-electron chi connectivity index (χ2n) is 4.90. The summed E-state index contributed by atoms with van der Waals surface area (Å²) >= 11 is 0. The van der Waals surface area contributed by atoms with E-state index in [1.165, 1.54) is 0 Å². The molecule has 0 unspecified atom stereocenters. The van der Waals surface area contributed by atoms with Gasteiger partial charge in [0.05, 0.1) is 0 Å². The third kappa shape index (κ3) is 2.46. The van der Waals surface area contributed by atoms with Crippen LogP contribution in [-0.4, -0.2) is 5.97 Å². The van der Waals surface area contributed by atoms with Crippen LogP contribution in [0.15, 0.2) is 66.9 Å². The highest BCUT2D eigenvalue weighted by Crippen LogP contribution is 2.29. The van der Waals surface area contributed by atoms with E-state index in [0.29, 0.717) is 0 Å². The molecule has 3 aromatic carbocycles. The molecule has 104 valence electrons. The SMILES string of the molecule is C=C(N)C(=O)OCc1c2ccccc2cc2ccccc12. The molecule has 0 fully saturated rings. The minimum atomic E-state index is -0.577. The molecule has 3 rings (SSSR count). The second-order valence-corrected chi connectivity index (χ2v) is 4.90. The van der Waals surface area contributed by atoms with Gasteiger partial charge in [0, 0.05) is 5.56 Å². The van der Waals surface area contributed by atoms with E-state index in [4.69, 9.17) is 10.5 Å². The lowest BCUT2D eigenvalue weighted by atomic mass is 9.97. The number of carbonyl (C=O) groups is 1. The Bertz CT molecular complexity index is 798. The molecule has 0 aliphatic heterocycles. The predicted octanol–water partition coefficient (Wildman–Crippen LogP) is 3.51. The third-order valence-electron chi connectivity index (χ3n) is 3.49. The Morgan fingerprint density at radius 2 is 1.52 bits per heavy atom. The average Bonchev–Trinajstić information content (AvgIpc) is 2.51. The number of carbonyl (C=O) groups excluding carboxylic acids is 1. The largest absolute Gasteiger partial charge is 0.456 e. The van der Waals surface area contributed by atoms with E-state index in [9.17, 15) is 4.79 Å². The normalized spacial score (nSPS) is 10.7. The molecule has 0 bridgehead atoms. The van der Waals surface area contributed by atoms with Crippen molar-refractivity contribution >= 4 is 27.5 Å². The maximum absolute atomic E-state index is 11.5. The number of nitrogens with two attached hydrogens (primary N) is 1. The Hall–Kier alpha value is -2.81. The van der Waals surface area contributed by atoms with Crippen LogP contribution in [0.4, 0.5) is 0 Å². The van der Waals surface area contributed by atoms with E-state index >= 15 is 0 Å². The molecule has 3 nitrogen and oxygen atoms in total. The Balaban J connectivity index is 2.16. The van der Waals surface area contributed by atoms with Crippen LogP contribution in [0.1, 0.15) is 5.56 Å². The highest BCUT2D eigenvalue weighted by molar-refractivity contribution is 6.02. The number of benzene rings is 3. The van der Waals surface area contributed by atoms with Crippen molar-refractivity contribution in [3.8, 4) is 0 Å². The molecule has 0 aromatic heterocycles. The monoisotopic (exact) mass is 277 g/mol. The Morgan fingerprint density at radius 3 is 2.05 bits per heavy atom. The van der Waals surface area contributed by atoms with Gasteiger partial charge in [-0.1, -0.05) is 55.1 Å². The average molecular weight is 277 g/mol. The minimum Gasteiger partial charge on any atom is -0.456 e. The zero-order valence-electron chi connectivity index (χ0n) is 11.5. The zero-order chi connectivity index (χ0) is 14.8. The molecular formula is C18H15NO2. The van der Waals surface area contributed by atoms with Gasteiger partial charge in [-0.05, 0) is 27.6 Å². The number of hydrogen-bond donors (Lipinski definition) is 1. The van der Waals surface area contributed by atoms with Crippen LogP contribution in [0.5, 0.6) is 0 Å². The van der Waals surface area contributed by atoms with Crippen molar-refractivity contribution < 1.29 is 9.53 Å². The summed E-state index contributed by atoms with van der Waals surface area (Å²) in [5.41, 5.74) is 6.26. The van der Waals surface area contributed by atoms with Crippen molar-refractivity contribution in [3.63, 3.8) is 0 Å². The van der Waals surface area contributed by atoms with Crippen LogP contribution in [0.3, 0.4) is 0 Å². The number of ether oxygens (including phenoxy) is 1. The summed E-state index contributed by atoms with van der Waals surface area (Å²) in [6.45, 7) is 3.57. The fourth-order valence-electron chi connectivity index (χ4n) is 2.49. The van der Waals surface area contributed by atoms with E-state index < -0.39 is 5.97 Å². The summed E-state index contributed by atoms with van der Waals surface area (Å²) in [6, 6.07) is 18.2. The molecule has 0 saturated carbocycles. The van der Waals surface area contributed by atoms with Gasteiger partial charge in [-0.25, -0.2) is 4.79 Å². The number of esters is 1. The van der Waals surface area contributed by atoms with Crippen molar-refractivity contribution in [2.75, 3.05) is 0 Å². The Kier molecular flexibility index (Phi) is 3.32. The highest BCUT2D eigenvalue weighted by Gasteiger charge is 2.10. The quantitative estimate of drug-likeness (QED) is 0.453. The first kappa shape index (κ1) is 13.2. The van der Waals surface area contributed by atoms with Gasteiger partial charge >= 0.3 is 5.97 Å². The molecule has 3 aromatic rings. The summed E-state index contributed by atoms with van der Waals surface area (Å²) in [7, 11) is 0. The first-order valence-corrected chi connectivity index (χ1v) is 6.67. The fourth-order valence-corrected chi connectivity index (χ4v) is 2.49. The zero-order valence-corrected chi connectivity index (χ0v) is 11.5. The van der Waals surface area contributed by atoms with Crippen LogP contribution in [-0.2, 0) is 16.1 Å². The van der Waals surface area contributed by atoms with Crippen molar-refractivity contribution in [3.05, 3.63) is 72.4 Å². The van der Waals surface area contributed by atoms with E-state index in [2.05, 4.69) is 24.8 Å². The van der Waals surface area contributed by atoms with Crippen molar-refractivity contribution in [1.29, 1.82) is 0 Å². The molecule has 0 atom stereocenters. The van der Waals surface area contributed by atoms with Gasteiger partial charge < -0.3 is 10.5 Å². The molecule has 0 heterocycles. The minimum absolute atomic E-state index is 0.0838. The number of rotatable bonds is 3. The molecule has 0 aliphatic carbocycles. The molecule has 0 spiro atoms. The standard InChI is InChI=1S/C18H15NO2/c1-12(19)18(20)21-11-17-15-8-4-2-6-13(15)10-14-7-3-5-9-16(14)17/h2-10H,1,11,19H2. The summed E-state index contributed by atoms with van der Waals surface area (Å²) in [4.78, 5) is 11.5. The maximum atomic E-state index is 11.5. The lowest BCUT2D eigenvalue weighted by Gasteiger charge is -2.12. The van der Waals surface area contributed by atoms with Crippen molar-refractivity contribution in [2.45, 2.75) is 6.61 Å². The second kappa shape index (κ2) is 5.29. The number of fused-ring (bicyclic) bond motifs is 2. The molecule has 0 aliphatic rings. The van der Waals surface area contributed by atoms with Gasteiger partial charge in [0.1, 0.15) is 12.3 Å². The van der Waals surface area contributed by atoms with Gasteiger partial charge in [0.2, 0.25) is 0 Å². The molecule has 2 N–H and O–H groups in total. The van der Waals surface area contributed by atoms with Crippen molar-refractivity contribution in [1.82, 2.24) is 0 Å². The van der Waals surface area contributed by atoms with Crippen molar-refractivity contribution in [2.24, 2.45) is 5.73 Å². The van der Waals surface area contributed by atoms with Gasteiger partial charge in [-0.15, -0.1) is 0 Å². The summed E-state index contributed by atoms with van der Waals surface area (Å²) in [6.07, 6.45) is 0. The van der Waals surface area contributed by atoms with Gasteiger partial charge in [-0.2, -0.15) is 0 Å². The number of hydrogen-bond acceptors (Lipinski definition) is 3. The van der Waals surface area contributed by atoms with Crippen LogP contribution >= 0.6 is 0 Å². The summed E-state index contributed by atoms with van der Waals surface area (Å²) < 4.78 is 5.24. The molecular weight excluding hydrogens is 262 g/mol. The van der Waals surface area contributed by atoms with Crippen LogP contribution in [0.25, 0.3) is 21.5 Å². The van der Waals surface area contributed by atoms with Gasteiger partial charge in [-0.3, -0.25) is 0 Å². The van der Waals surface area contributed by atoms with Gasteiger partial charge in [0.25, 0.3) is 0 Å². The van der Waals surface area contributed by atoms with Crippen LogP contribution in [0.2, 0.25) is 0 Å². The van der Waals surface area contributed by atoms with Gasteiger partial charge in [0.15, 0.2) is 0 Å². The van der Waals surface area contributed by atoms with Crippen LogP contribution in [0, 0.1) is 0 Å². The van der Waals surface area contributed by atoms with E-state index in [-0.39, 0.29) is 12.3 Å². The van der Waals surface area contributed by atoms with E-state index in [1.807, 2.05) is 36.4 Å². The Morgan fingerprint density at radius 1 is 1.00 bits per heavy atom. The Labute approximate surface area is 122 Å². The fraction of sp³-hybridized carbons (Fsp3) is 0.0556. The smallest absolute Gasteiger partial charge is 0.353 e. The predicted molar refractivity (Wildman–Crippen MR) is 84.6 cm³/mol.